The lowest BCUT2D eigenvalue weighted by atomic mass is 9.92. The molecule has 0 amide bonds. The minimum absolute atomic E-state index is 0.378. The van der Waals surface area contributed by atoms with Gasteiger partial charge in [0.05, 0.1) is 0 Å². The maximum absolute atomic E-state index is 6.01. The van der Waals surface area contributed by atoms with Crippen molar-refractivity contribution in [2.45, 2.75) is 26.2 Å². The molecular formula is C28H28N2O2. The molecule has 1 atom stereocenters. The summed E-state index contributed by atoms with van der Waals surface area (Å²) < 4.78 is 11.9. The zero-order chi connectivity index (χ0) is 22.5. The molecule has 4 heteroatoms. The van der Waals surface area contributed by atoms with Crippen molar-refractivity contribution in [3.63, 3.8) is 0 Å². The summed E-state index contributed by atoms with van der Waals surface area (Å²) >= 11 is 0. The Labute approximate surface area is 189 Å². The molecule has 4 nitrogen and oxygen atoms in total. The molecule has 0 aliphatic heterocycles. The second-order valence-corrected chi connectivity index (χ2v) is 8.12. The molecule has 4 rings (SSSR count). The number of benzene rings is 4. The predicted octanol–water partition coefficient (Wildman–Crippen LogP) is 7.09. The van der Waals surface area contributed by atoms with Gasteiger partial charge in [0.25, 0.3) is 0 Å². The molecule has 0 spiro atoms. The van der Waals surface area contributed by atoms with Crippen molar-refractivity contribution in [1.29, 1.82) is 0 Å². The Balaban J connectivity index is 1.38. The quantitative estimate of drug-likeness (QED) is 0.311. The highest BCUT2D eigenvalue weighted by Gasteiger charge is 2.10. The van der Waals surface area contributed by atoms with Crippen molar-refractivity contribution in [2.75, 3.05) is 11.5 Å². The molecule has 0 saturated carbocycles. The van der Waals surface area contributed by atoms with Crippen LogP contribution in [0.4, 0.5) is 11.4 Å². The van der Waals surface area contributed by atoms with Gasteiger partial charge in [0.2, 0.25) is 0 Å². The van der Waals surface area contributed by atoms with Crippen molar-refractivity contribution in [3.8, 4) is 23.0 Å². The zero-order valence-corrected chi connectivity index (χ0v) is 18.4. The molecule has 4 N–H and O–H groups in total. The maximum atomic E-state index is 6.01. The van der Waals surface area contributed by atoms with E-state index in [1.54, 1.807) is 0 Å². The summed E-state index contributed by atoms with van der Waals surface area (Å²) in [7, 11) is 0. The standard InChI is InChI=1S/C28H28N2O2/c1-19(17-21-3-10-25(11-4-21)31-26-12-6-23(29)7-13-26)22-5-16-28(20(2)18-22)32-27-14-8-24(30)9-15-27/h3-16,18-19H,17,29-30H2,1-2H3. The van der Waals surface area contributed by atoms with Gasteiger partial charge in [0.1, 0.15) is 23.0 Å². The highest BCUT2D eigenvalue weighted by Crippen LogP contribution is 2.30. The van der Waals surface area contributed by atoms with Crippen LogP contribution in [-0.4, -0.2) is 0 Å². The summed E-state index contributed by atoms with van der Waals surface area (Å²) in [5.74, 6) is 3.60. The van der Waals surface area contributed by atoms with Gasteiger partial charge in [-0.3, -0.25) is 0 Å². The number of ether oxygens (including phenoxy) is 2. The third-order valence-corrected chi connectivity index (χ3v) is 5.46. The van der Waals surface area contributed by atoms with Crippen LogP contribution in [0.3, 0.4) is 0 Å². The number of anilines is 2. The number of aryl methyl sites for hydroxylation is 1. The summed E-state index contributed by atoms with van der Waals surface area (Å²) in [6.07, 6.45) is 0.944. The summed E-state index contributed by atoms with van der Waals surface area (Å²) in [6, 6.07) is 29.5. The smallest absolute Gasteiger partial charge is 0.130 e. The molecule has 4 aromatic carbocycles. The predicted molar refractivity (Wildman–Crippen MR) is 132 cm³/mol. The normalized spacial score (nSPS) is 11.7. The highest BCUT2D eigenvalue weighted by molar-refractivity contribution is 5.46. The Kier molecular flexibility index (Phi) is 6.31. The first-order chi connectivity index (χ1) is 15.5. The molecule has 4 aromatic rings. The lowest BCUT2D eigenvalue weighted by Crippen LogP contribution is -2.00. The van der Waals surface area contributed by atoms with Gasteiger partial charge >= 0.3 is 0 Å². The van der Waals surface area contributed by atoms with E-state index < -0.39 is 0 Å². The average Bonchev–Trinajstić information content (AvgIpc) is 2.79. The van der Waals surface area contributed by atoms with Crippen LogP contribution in [0.1, 0.15) is 29.5 Å². The molecule has 162 valence electrons. The zero-order valence-electron chi connectivity index (χ0n) is 18.4. The molecule has 0 bridgehead atoms. The van der Waals surface area contributed by atoms with Crippen LogP contribution in [0.15, 0.2) is 91.0 Å². The maximum Gasteiger partial charge on any atom is 0.130 e. The van der Waals surface area contributed by atoms with Crippen molar-refractivity contribution < 1.29 is 9.47 Å². The molecule has 0 aliphatic rings. The Morgan fingerprint density at radius 2 is 1.16 bits per heavy atom. The summed E-state index contributed by atoms with van der Waals surface area (Å²) in [4.78, 5) is 0. The number of rotatable bonds is 7. The first-order valence-electron chi connectivity index (χ1n) is 10.7. The van der Waals surface area contributed by atoms with E-state index in [0.717, 1.165) is 46.4 Å². The van der Waals surface area contributed by atoms with Gasteiger partial charge in [-0.1, -0.05) is 31.2 Å². The average molecular weight is 425 g/mol. The van der Waals surface area contributed by atoms with Crippen molar-refractivity contribution in [1.82, 2.24) is 0 Å². The summed E-state index contributed by atoms with van der Waals surface area (Å²) in [6.45, 7) is 4.32. The highest BCUT2D eigenvalue weighted by atomic mass is 16.5. The Morgan fingerprint density at radius 3 is 1.69 bits per heavy atom. The van der Waals surface area contributed by atoms with Gasteiger partial charge < -0.3 is 20.9 Å². The SMILES string of the molecule is Cc1cc(C(C)Cc2ccc(Oc3ccc(N)cc3)cc2)ccc1Oc1ccc(N)cc1. The van der Waals surface area contributed by atoms with E-state index in [1.807, 2.05) is 66.7 Å². The molecular weight excluding hydrogens is 396 g/mol. The van der Waals surface area contributed by atoms with Crippen LogP contribution in [0, 0.1) is 6.92 Å². The molecule has 0 fully saturated rings. The van der Waals surface area contributed by atoms with E-state index in [4.69, 9.17) is 20.9 Å². The monoisotopic (exact) mass is 424 g/mol. The second-order valence-electron chi connectivity index (χ2n) is 8.12. The van der Waals surface area contributed by atoms with E-state index >= 15 is 0 Å². The molecule has 0 saturated heterocycles. The molecule has 0 heterocycles. The number of nitrogens with two attached hydrogens (primary N) is 2. The molecule has 32 heavy (non-hydrogen) atoms. The number of hydrogen-bond donors (Lipinski definition) is 2. The molecule has 0 radical (unpaired) electrons. The van der Waals surface area contributed by atoms with Gasteiger partial charge in [-0.15, -0.1) is 0 Å². The van der Waals surface area contributed by atoms with Gasteiger partial charge in [-0.25, -0.2) is 0 Å². The number of hydrogen-bond acceptors (Lipinski definition) is 4. The van der Waals surface area contributed by atoms with Crippen molar-refractivity contribution in [2.24, 2.45) is 0 Å². The summed E-state index contributed by atoms with van der Waals surface area (Å²) in [5, 5.41) is 0. The third-order valence-electron chi connectivity index (χ3n) is 5.46. The van der Waals surface area contributed by atoms with Gasteiger partial charge in [0, 0.05) is 11.4 Å². The van der Waals surface area contributed by atoms with E-state index in [0.29, 0.717) is 5.92 Å². The Morgan fingerprint density at radius 1 is 0.656 bits per heavy atom. The molecule has 0 aliphatic carbocycles. The topological polar surface area (TPSA) is 70.5 Å². The lowest BCUT2D eigenvalue weighted by Gasteiger charge is -2.16. The van der Waals surface area contributed by atoms with E-state index in [1.165, 1.54) is 11.1 Å². The largest absolute Gasteiger partial charge is 0.457 e. The fourth-order valence-electron chi connectivity index (χ4n) is 3.59. The fourth-order valence-corrected chi connectivity index (χ4v) is 3.59. The minimum Gasteiger partial charge on any atom is -0.457 e. The van der Waals surface area contributed by atoms with E-state index in [-0.39, 0.29) is 0 Å². The second kappa shape index (κ2) is 9.48. The number of nitrogen functional groups attached to an aromatic ring is 2. The van der Waals surface area contributed by atoms with E-state index in [2.05, 4.69) is 38.1 Å². The van der Waals surface area contributed by atoms with Crippen molar-refractivity contribution >= 4 is 11.4 Å². The van der Waals surface area contributed by atoms with Crippen LogP contribution in [-0.2, 0) is 6.42 Å². The first-order valence-corrected chi connectivity index (χ1v) is 10.7. The minimum atomic E-state index is 0.378. The fraction of sp³-hybridized carbons (Fsp3) is 0.143. The van der Waals surface area contributed by atoms with Gasteiger partial charge in [-0.2, -0.15) is 0 Å². The third kappa shape index (κ3) is 5.41. The van der Waals surface area contributed by atoms with Crippen LogP contribution in [0.2, 0.25) is 0 Å². The van der Waals surface area contributed by atoms with Gasteiger partial charge in [-0.05, 0) is 103 Å². The van der Waals surface area contributed by atoms with Gasteiger partial charge in [0.15, 0.2) is 0 Å². The van der Waals surface area contributed by atoms with Crippen LogP contribution < -0.4 is 20.9 Å². The molecule has 1 unspecified atom stereocenters. The lowest BCUT2D eigenvalue weighted by molar-refractivity contribution is 0.478. The first kappa shape index (κ1) is 21.3. The summed E-state index contributed by atoms with van der Waals surface area (Å²) in [5.41, 5.74) is 16.6. The Bertz CT molecular complexity index is 1170. The van der Waals surface area contributed by atoms with Crippen LogP contribution in [0.25, 0.3) is 0 Å². The molecule has 0 aromatic heterocycles. The van der Waals surface area contributed by atoms with Crippen LogP contribution >= 0.6 is 0 Å². The van der Waals surface area contributed by atoms with Crippen LogP contribution in [0.5, 0.6) is 23.0 Å². The Hall–Kier alpha value is -3.92. The van der Waals surface area contributed by atoms with Crippen molar-refractivity contribution in [3.05, 3.63) is 108 Å². The van der Waals surface area contributed by atoms with E-state index in [9.17, 15) is 0 Å².